The third-order valence-electron chi connectivity index (χ3n) is 2.11. The van der Waals surface area contributed by atoms with Crippen molar-refractivity contribution in [3.63, 3.8) is 0 Å². The monoisotopic (exact) mass is 179 g/mol. The summed E-state index contributed by atoms with van der Waals surface area (Å²) in [5, 5.41) is 10.7. The van der Waals surface area contributed by atoms with Gasteiger partial charge < -0.3 is 5.21 Å². The van der Waals surface area contributed by atoms with E-state index >= 15 is 0 Å². The van der Waals surface area contributed by atoms with E-state index in [9.17, 15) is 10.0 Å². The first-order chi connectivity index (χ1) is 6.09. The van der Waals surface area contributed by atoms with Gasteiger partial charge in [0.1, 0.15) is 5.78 Å². The summed E-state index contributed by atoms with van der Waals surface area (Å²) < 4.78 is 0.738. The summed E-state index contributed by atoms with van der Waals surface area (Å²) in [5.41, 5.74) is 1.02. The third-order valence-corrected chi connectivity index (χ3v) is 2.11. The van der Waals surface area contributed by atoms with Gasteiger partial charge in [0.25, 0.3) is 0 Å². The number of pyridine rings is 1. The van der Waals surface area contributed by atoms with Crippen LogP contribution in [0.4, 0.5) is 0 Å². The summed E-state index contributed by atoms with van der Waals surface area (Å²) in [6, 6.07) is 3.48. The number of hydrogen-bond donors (Lipinski definition) is 0. The van der Waals surface area contributed by atoms with E-state index in [1.807, 2.05) is 6.92 Å². The summed E-state index contributed by atoms with van der Waals surface area (Å²) in [7, 11) is 0. The second-order valence-electron chi connectivity index (χ2n) is 3.28. The van der Waals surface area contributed by atoms with E-state index in [1.54, 1.807) is 19.1 Å². The molecule has 0 spiro atoms. The Morgan fingerprint density at radius 2 is 2.08 bits per heavy atom. The Labute approximate surface area is 77.6 Å². The Balaban J connectivity index is 2.64. The lowest BCUT2D eigenvalue weighted by Crippen LogP contribution is -2.24. The lowest BCUT2D eigenvalue weighted by Gasteiger charge is -2.06. The number of nitrogens with zero attached hydrogens (tertiary/aromatic N) is 1. The fourth-order valence-corrected chi connectivity index (χ4v) is 1.08. The summed E-state index contributed by atoms with van der Waals surface area (Å²) in [4.78, 5) is 10.9. The van der Waals surface area contributed by atoms with Crippen molar-refractivity contribution in [3.05, 3.63) is 35.3 Å². The van der Waals surface area contributed by atoms with E-state index in [1.165, 1.54) is 12.4 Å². The average molecular weight is 179 g/mol. The van der Waals surface area contributed by atoms with Gasteiger partial charge in [-0.15, -0.1) is 0 Å². The number of carbonyl (C=O) groups is 1. The van der Waals surface area contributed by atoms with Crippen molar-refractivity contribution in [2.75, 3.05) is 0 Å². The fourth-order valence-electron chi connectivity index (χ4n) is 1.08. The van der Waals surface area contributed by atoms with E-state index in [2.05, 4.69) is 0 Å². The first-order valence-corrected chi connectivity index (χ1v) is 4.27. The molecule has 0 radical (unpaired) electrons. The van der Waals surface area contributed by atoms with E-state index in [-0.39, 0.29) is 11.7 Å². The van der Waals surface area contributed by atoms with Crippen LogP contribution in [0.5, 0.6) is 0 Å². The number of carbonyl (C=O) groups excluding carboxylic acids is 1. The van der Waals surface area contributed by atoms with Gasteiger partial charge in [-0.1, -0.05) is 6.92 Å². The van der Waals surface area contributed by atoms with Crippen LogP contribution < -0.4 is 4.73 Å². The Morgan fingerprint density at radius 3 is 2.54 bits per heavy atom. The van der Waals surface area contributed by atoms with Crippen molar-refractivity contribution in [1.29, 1.82) is 0 Å². The average Bonchev–Trinajstić information content (AvgIpc) is 2.08. The highest BCUT2D eigenvalue weighted by atomic mass is 16.5. The largest absolute Gasteiger partial charge is 0.619 e. The molecule has 70 valence electrons. The van der Waals surface area contributed by atoms with Crippen LogP contribution >= 0.6 is 0 Å². The van der Waals surface area contributed by atoms with E-state index in [0.29, 0.717) is 6.42 Å². The molecule has 0 saturated carbocycles. The molecule has 0 bridgehead atoms. The molecule has 0 aliphatic heterocycles. The van der Waals surface area contributed by atoms with Crippen molar-refractivity contribution in [2.45, 2.75) is 20.3 Å². The minimum Gasteiger partial charge on any atom is -0.619 e. The molecular weight excluding hydrogens is 166 g/mol. The topological polar surface area (TPSA) is 44.0 Å². The first-order valence-electron chi connectivity index (χ1n) is 4.27. The maximum absolute atomic E-state index is 10.9. The lowest BCUT2D eigenvalue weighted by molar-refractivity contribution is -0.605. The molecule has 0 amide bonds. The molecule has 3 heteroatoms. The molecule has 0 saturated heterocycles. The van der Waals surface area contributed by atoms with Crippen molar-refractivity contribution in [2.24, 2.45) is 5.92 Å². The Bertz CT molecular complexity index is 292. The lowest BCUT2D eigenvalue weighted by atomic mass is 9.99. The summed E-state index contributed by atoms with van der Waals surface area (Å²) in [5.74, 6) is 0.210. The van der Waals surface area contributed by atoms with Gasteiger partial charge in [-0.05, 0) is 18.9 Å². The second kappa shape index (κ2) is 4.03. The van der Waals surface area contributed by atoms with Crippen LogP contribution in [0.15, 0.2) is 24.5 Å². The molecule has 1 aromatic rings. The van der Waals surface area contributed by atoms with E-state index in [4.69, 9.17) is 0 Å². The highest BCUT2D eigenvalue weighted by molar-refractivity contribution is 5.78. The Kier molecular flexibility index (Phi) is 3.01. The zero-order valence-corrected chi connectivity index (χ0v) is 7.86. The van der Waals surface area contributed by atoms with Gasteiger partial charge in [0.2, 0.25) is 0 Å². The molecule has 0 aliphatic carbocycles. The van der Waals surface area contributed by atoms with E-state index < -0.39 is 0 Å². The maximum atomic E-state index is 10.9. The van der Waals surface area contributed by atoms with Gasteiger partial charge in [-0.3, -0.25) is 4.79 Å². The number of ketones is 1. The third kappa shape index (κ3) is 2.86. The molecule has 0 N–H and O–H groups in total. The fraction of sp³-hybridized carbons (Fsp3) is 0.400. The number of Topliss-reactive ketones (excluding diaryl/α,β-unsaturated/α-hetero) is 1. The Morgan fingerprint density at radius 1 is 1.54 bits per heavy atom. The molecule has 1 aromatic heterocycles. The number of aromatic nitrogens is 1. The van der Waals surface area contributed by atoms with Crippen LogP contribution in [0, 0.1) is 11.1 Å². The molecule has 0 aromatic carbocycles. The smallest absolute Gasteiger partial charge is 0.180 e. The van der Waals surface area contributed by atoms with Gasteiger partial charge in [-0.2, -0.15) is 4.73 Å². The van der Waals surface area contributed by atoms with Gasteiger partial charge in [0.15, 0.2) is 12.4 Å². The second-order valence-corrected chi connectivity index (χ2v) is 3.28. The van der Waals surface area contributed by atoms with E-state index in [0.717, 1.165) is 10.3 Å². The van der Waals surface area contributed by atoms with Crippen LogP contribution in [0.3, 0.4) is 0 Å². The van der Waals surface area contributed by atoms with Crippen LogP contribution in [0.1, 0.15) is 19.4 Å². The summed E-state index contributed by atoms with van der Waals surface area (Å²) in [6.45, 7) is 3.47. The van der Waals surface area contributed by atoms with Gasteiger partial charge in [-0.25, -0.2) is 0 Å². The van der Waals surface area contributed by atoms with Crippen molar-refractivity contribution in [3.8, 4) is 0 Å². The van der Waals surface area contributed by atoms with Crippen LogP contribution in [0.25, 0.3) is 0 Å². The standard InChI is InChI=1S/C10H13NO2/c1-8(9(2)12)7-10-3-5-11(13)6-4-10/h3-6,8H,7H2,1-2H3/t8-/m0/s1. The summed E-state index contributed by atoms with van der Waals surface area (Å²) >= 11 is 0. The zero-order chi connectivity index (χ0) is 9.84. The molecule has 13 heavy (non-hydrogen) atoms. The minimum absolute atomic E-state index is 0.0301. The van der Waals surface area contributed by atoms with Gasteiger partial charge in [0.05, 0.1) is 0 Å². The van der Waals surface area contributed by atoms with Crippen molar-refractivity contribution in [1.82, 2.24) is 0 Å². The molecular formula is C10H13NO2. The van der Waals surface area contributed by atoms with Crippen molar-refractivity contribution < 1.29 is 9.52 Å². The molecule has 1 heterocycles. The number of rotatable bonds is 3. The quantitative estimate of drug-likeness (QED) is 0.515. The predicted octanol–water partition coefficient (Wildman–Crippen LogP) is 1.09. The molecule has 0 unspecified atom stereocenters. The van der Waals surface area contributed by atoms with Crippen molar-refractivity contribution >= 4 is 5.78 Å². The van der Waals surface area contributed by atoms with Crippen LogP contribution in [-0.4, -0.2) is 5.78 Å². The molecule has 0 fully saturated rings. The zero-order valence-electron chi connectivity index (χ0n) is 7.86. The predicted molar refractivity (Wildman–Crippen MR) is 49.0 cm³/mol. The van der Waals surface area contributed by atoms with Gasteiger partial charge >= 0.3 is 0 Å². The number of hydrogen-bond acceptors (Lipinski definition) is 2. The normalized spacial score (nSPS) is 12.5. The Hall–Kier alpha value is -1.38. The molecule has 1 atom stereocenters. The molecule has 0 aliphatic rings. The summed E-state index contributed by atoms with van der Waals surface area (Å²) in [6.07, 6.45) is 3.60. The molecule has 3 nitrogen and oxygen atoms in total. The maximum Gasteiger partial charge on any atom is 0.180 e. The molecule has 1 rings (SSSR count). The van der Waals surface area contributed by atoms with Gasteiger partial charge in [0, 0.05) is 18.1 Å². The minimum atomic E-state index is 0.0301. The van der Waals surface area contributed by atoms with Crippen LogP contribution in [0.2, 0.25) is 0 Å². The SMILES string of the molecule is CC(=O)[C@@H](C)Cc1cc[n+]([O-])cc1. The highest BCUT2D eigenvalue weighted by Gasteiger charge is 2.08. The highest BCUT2D eigenvalue weighted by Crippen LogP contribution is 2.07. The van der Waals surface area contributed by atoms with Crippen LogP contribution in [-0.2, 0) is 11.2 Å². The first kappa shape index (κ1) is 9.71.